The predicted octanol–water partition coefficient (Wildman–Crippen LogP) is -1.70. The van der Waals surface area contributed by atoms with E-state index in [0.29, 0.717) is 0 Å². The van der Waals surface area contributed by atoms with Gasteiger partial charge in [0.15, 0.2) is 0 Å². The molecule has 7 N–H and O–H groups in total. The molecule has 16 heavy (non-hydrogen) atoms. The molecule has 0 aromatic carbocycles. The first-order valence-corrected chi connectivity index (χ1v) is 4.73. The van der Waals surface area contributed by atoms with Crippen LogP contribution in [0.3, 0.4) is 0 Å². The van der Waals surface area contributed by atoms with Crippen LogP contribution < -0.4 is 5.11 Å². The molecule has 0 heterocycles. The van der Waals surface area contributed by atoms with E-state index in [-0.39, 0.29) is 16.4 Å². The van der Waals surface area contributed by atoms with E-state index in [4.69, 9.17) is 15.0 Å². The molecule has 0 fully saturated rings. The Labute approximate surface area is 96.8 Å². The normalized spacial score (nSPS) is 8.25. The van der Waals surface area contributed by atoms with Crippen LogP contribution in [0.2, 0.25) is 0 Å². The van der Waals surface area contributed by atoms with Gasteiger partial charge in [0, 0.05) is 0 Å². The van der Waals surface area contributed by atoms with Crippen LogP contribution in [0.1, 0.15) is 27.7 Å². The van der Waals surface area contributed by atoms with Crippen LogP contribution in [-0.4, -0.2) is 58.4 Å². The van der Waals surface area contributed by atoms with Crippen LogP contribution in [0.15, 0.2) is 0 Å². The summed E-state index contributed by atoms with van der Waals surface area (Å²) in [6, 6.07) is 0. The third-order valence-electron chi connectivity index (χ3n) is 2.68. The second kappa shape index (κ2) is 16.5. The summed E-state index contributed by atoms with van der Waals surface area (Å²) in [5, 5.41) is 15.3. The number of carboxylic acid groups (broad SMARTS) is 2. The summed E-state index contributed by atoms with van der Waals surface area (Å²) in [6.07, 6.45) is -2.08. The van der Waals surface area contributed by atoms with E-state index in [1.54, 1.807) is 0 Å². The molecule has 0 amide bonds. The van der Waals surface area contributed by atoms with Crippen molar-refractivity contribution in [2.45, 2.75) is 27.7 Å². The molecule has 7 nitrogen and oxygen atoms in total. The molecule has 104 valence electrons. The fourth-order valence-electron chi connectivity index (χ4n) is 1.34. The summed E-state index contributed by atoms with van der Waals surface area (Å²) in [6.45, 7) is 14.2. The average Bonchev–Trinajstić information content (AvgIpc) is 2.09. The maximum atomic E-state index is 8.44. The minimum Gasteiger partial charge on any atom is -0.565 e. The Hall–Kier alpha value is -0.890. The second-order valence-electron chi connectivity index (χ2n) is 2.87. The number of nitrogens with zero attached hydrogens (tertiary/aromatic N) is 1. The Balaban J connectivity index is -0.0000000511. The lowest BCUT2D eigenvalue weighted by atomic mass is 10.3. The predicted molar refractivity (Wildman–Crippen MR) is 61.3 cm³/mol. The van der Waals surface area contributed by atoms with Crippen molar-refractivity contribution in [2.75, 3.05) is 26.2 Å². The summed E-state index contributed by atoms with van der Waals surface area (Å²) in [5.74, 6) is 0. The molecular formula is C9H27NO6. The molecule has 0 aromatic rings. The monoisotopic (exact) mass is 245 g/mol. The molecule has 0 aromatic heterocycles. The van der Waals surface area contributed by atoms with Gasteiger partial charge in [-0.25, -0.2) is 0 Å². The van der Waals surface area contributed by atoms with Gasteiger partial charge in [0.05, 0.1) is 26.2 Å². The zero-order valence-electron chi connectivity index (χ0n) is 10.5. The van der Waals surface area contributed by atoms with Gasteiger partial charge in [-0.15, -0.1) is 0 Å². The van der Waals surface area contributed by atoms with Crippen LogP contribution in [0.4, 0.5) is 4.79 Å². The first kappa shape index (κ1) is 29.4. The minimum absolute atomic E-state index is 0. The second-order valence-corrected chi connectivity index (χ2v) is 2.87. The highest BCUT2D eigenvalue weighted by molar-refractivity contribution is 5.50. The number of rotatable bonds is 4. The standard InChI is InChI=1S/C8H20N.CH2O3.3H2O/c1-5-9(6-2,7-3)8-4;2-1(3)4;;;/h5-8H2,1-4H3;(H2,2,3,4);3*1H2/q+1;;;;/p-1. The van der Waals surface area contributed by atoms with Gasteiger partial charge in [0.25, 0.3) is 0 Å². The topological polar surface area (TPSA) is 155 Å². The van der Waals surface area contributed by atoms with Gasteiger partial charge in [-0.2, -0.15) is 0 Å². The van der Waals surface area contributed by atoms with Crippen LogP contribution in [0.5, 0.6) is 0 Å². The highest BCUT2D eigenvalue weighted by Crippen LogP contribution is 2.03. The zero-order valence-corrected chi connectivity index (χ0v) is 10.5. The Kier molecular flexibility index (Phi) is 30.4. The largest absolute Gasteiger partial charge is 0.565 e. The summed E-state index contributed by atoms with van der Waals surface area (Å²) in [7, 11) is 0. The Morgan fingerprint density at radius 2 is 1.06 bits per heavy atom. The fraction of sp³-hybridized carbons (Fsp3) is 0.889. The lowest BCUT2D eigenvalue weighted by Crippen LogP contribution is -2.47. The molecule has 7 heteroatoms. The average molecular weight is 245 g/mol. The molecule has 0 saturated heterocycles. The van der Waals surface area contributed by atoms with Crippen molar-refractivity contribution >= 4 is 6.16 Å². The molecule has 0 aliphatic carbocycles. The van der Waals surface area contributed by atoms with Gasteiger partial charge in [-0.05, 0) is 27.7 Å². The molecule has 0 unspecified atom stereocenters. The van der Waals surface area contributed by atoms with E-state index in [0.717, 1.165) is 0 Å². The number of quaternary nitrogens is 1. The Bertz CT molecular complexity index is 116. The van der Waals surface area contributed by atoms with Crippen molar-refractivity contribution in [1.29, 1.82) is 0 Å². The zero-order chi connectivity index (χ0) is 10.9. The molecule has 0 radical (unpaired) electrons. The summed E-state index contributed by atoms with van der Waals surface area (Å²) in [4.78, 5) is 8.44. The quantitative estimate of drug-likeness (QED) is 0.586. The van der Waals surface area contributed by atoms with Gasteiger partial charge in [-0.1, -0.05) is 0 Å². The smallest absolute Gasteiger partial charge is 0.249 e. The molecule has 0 aliphatic rings. The van der Waals surface area contributed by atoms with E-state index in [1.165, 1.54) is 30.7 Å². The van der Waals surface area contributed by atoms with Gasteiger partial charge in [0.1, 0.15) is 0 Å². The van der Waals surface area contributed by atoms with Gasteiger partial charge >= 0.3 is 0 Å². The summed E-state index contributed by atoms with van der Waals surface area (Å²) in [5.41, 5.74) is 0. The summed E-state index contributed by atoms with van der Waals surface area (Å²) >= 11 is 0. The molecular weight excluding hydrogens is 218 g/mol. The van der Waals surface area contributed by atoms with E-state index in [9.17, 15) is 0 Å². The van der Waals surface area contributed by atoms with Gasteiger partial charge < -0.3 is 35.9 Å². The first-order chi connectivity index (χ1) is 5.97. The van der Waals surface area contributed by atoms with E-state index in [1.807, 2.05) is 0 Å². The maximum absolute atomic E-state index is 8.44. The van der Waals surface area contributed by atoms with Crippen molar-refractivity contribution in [2.24, 2.45) is 0 Å². The fourth-order valence-corrected chi connectivity index (χ4v) is 1.34. The molecule has 0 saturated carbocycles. The molecule has 0 spiro atoms. The Morgan fingerprint density at radius 3 is 1.06 bits per heavy atom. The highest BCUT2D eigenvalue weighted by Gasteiger charge is 2.16. The van der Waals surface area contributed by atoms with Gasteiger partial charge in [-0.3, -0.25) is 0 Å². The van der Waals surface area contributed by atoms with E-state index < -0.39 is 6.16 Å². The Morgan fingerprint density at radius 1 is 0.938 bits per heavy atom. The lowest BCUT2D eigenvalue weighted by molar-refractivity contribution is -0.921. The van der Waals surface area contributed by atoms with Crippen molar-refractivity contribution < 1.29 is 35.9 Å². The molecule has 0 rings (SSSR count). The SMILES string of the molecule is CC[N+](CC)(CC)CC.O.O.O.O=C([O-])O. The third kappa shape index (κ3) is 15.6. The molecule has 0 atom stereocenters. The van der Waals surface area contributed by atoms with Crippen LogP contribution in [0, 0.1) is 0 Å². The van der Waals surface area contributed by atoms with Crippen molar-refractivity contribution in [3.8, 4) is 0 Å². The van der Waals surface area contributed by atoms with Crippen molar-refractivity contribution in [3.05, 3.63) is 0 Å². The van der Waals surface area contributed by atoms with Crippen molar-refractivity contribution in [3.63, 3.8) is 0 Å². The third-order valence-corrected chi connectivity index (χ3v) is 2.68. The first-order valence-electron chi connectivity index (χ1n) is 4.73. The van der Waals surface area contributed by atoms with Crippen LogP contribution >= 0.6 is 0 Å². The lowest BCUT2D eigenvalue weighted by Gasteiger charge is -2.34. The summed E-state index contributed by atoms with van der Waals surface area (Å²) < 4.78 is 1.28. The van der Waals surface area contributed by atoms with E-state index in [2.05, 4.69) is 27.7 Å². The van der Waals surface area contributed by atoms with Gasteiger partial charge in [0.2, 0.25) is 6.16 Å². The van der Waals surface area contributed by atoms with Crippen LogP contribution in [0.25, 0.3) is 0 Å². The maximum Gasteiger partial charge on any atom is 0.249 e. The molecule has 0 bridgehead atoms. The minimum atomic E-state index is -2.08. The molecule has 0 aliphatic heterocycles. The van der Waals surface area contributed by atoms with Crippen LogP contribution in [-0.2, 0) is 0 Å². The number of hydrogen-bond donors (Lipinski definition) is 1. The number of carbonyl (C=O) groups is 1. The van der Waals surface area contributed by atoms with E-state index >= 15 is 0 Å². The van der Waals surface area contributed by atoms with Crippen molar-refractivity contribution in [1.82, 2.24) is 0 Å². The number of hydrogen-bond acceptors (Lipinski definition) is 2. The highest BCUT2D eigenvalue weighted by atomic mass is 16.6.